The number of carbonyl (C=O) groups is 2. The molecule has 1 heterocycles. The Balaban J connectivity index is 2.33. The fourth-order valence-electron chi connectivity index (χ4n) is 2.87. The van der Waals surface area contributed by atoms with Crippen LogP contribution in [0.15, 0.2) is 72.8 Å². The summed E-state index contributed by atoms with van der Waals surface area (Å²) < 4.78 is 0. The highest BCUT2D eigenvalue weighted by Crippen LogP contribution is 2.39. The number of hydrogen-bond acceptors (Lipinski definition) is 2. The number of hydrogen-bond donors (Lipinski definition) is 1. The van der Waals surface area contributed by atoms with Gasteiger partial charge in [-0.3, -0.25) is 9.59 Å². The highest BCUT2D eigenvalue weighted by atomic mass is 16.1. The maximum absolute atomic E-state index is 10.8. The zero-order valence-electron chi connectivity index (χ0n) is 13.6. The molecule has 0 radical (unpaired) electrons. The molecule has 0 atom stereocenters. The number of aldehydes is 2. The van der Waals surface area contributed by atoms with Crippen LogP contribution in [-0.4, -0.2) is 17.6 Å². The first kappa shape index (κ1) is 16.4. The third-order valence-corrected chi connectivity index (χ3v) is 3.87. The van der Waals surface area contributed by atoms with Crippen LogP contribution in [0.5, 0.6) is 0 Å². The summed E-state index contributed by atoms with van der Waals surface area (Å²) in [5, 5.41) is 0. The van der Waals surface area contributed by atoms with E-state index in [-0.39, 0.29) is 0 Å². The molecule has 1 aromatic heterocycles. The van der Waals surface area contributed by atoms with Crippen molar-refractivity contribution < 1.29 is 9.59 Å². The van der Waals surface area contributed by atoms with E-state index in [1.807, 2.05) is 60.7 Å². The molecule has 1 N–H and O–H groups in total. The lowest BCUT2D eigenvalue weighted by atomic mass is 9.94. The van der Waals surface area contributed by atoms with Crippen molar-refractivity contribution in [2.24, 2.45) is 0 Å². The Morgan fingerprint density at radius 2 is 1.00 bits per heavy atom. The second-order valence-corrected chi connectivity index (χ2v) is 5.42. The predicted octanol–water partition coefficient (Wildman–Crippen LogP) is 4.77. The van der Waals surface area contributed by atoms with Crippen LogP contribution in [0.25, 0.3) is 34.4 Å². The smallest absolute Gasteiger partial charge is 0.142 e. The minimum Gasteiger partial charge on any atom is -0.354 e. The summed E-state index contributed by atoms with van der Waals surface area (Å²) in [7, 11) is 0. The van der Waals surface area contributed by atoms with Gasteiger partial charge in [-0.05, 0) is 35.4 Å². The lowest BCUT2D eigenvalue weighted by Gasteiger charge is -2.07. The van der Waals surface area contributed by atoms with Gasteiger partial charge in [0.1, 0.15) is 12.6 Å². The van der Waals surface area contributed by atoms with Gasteiger partial charge in [-0.15, -0.1) is 0 Å². The van der Waals surface area contributed by atoms with E-state index < -0.39 is 0 Å². The summed E-state index contributed by atoms with van der Waals surface area (Å²) in [5.74, 6) is 0. The minimum absolute atomic E-state index is 0.749. The molecule has 2 aromatic carbocycles. The molecule has 0 amide bonds. The van der Waals surface area contributed by atoms with E-state index in [1.54, 1.807) is 12.2 Å². The molecule has 0 saturated heterocycles. The number of allylic oxidation sites excluding steroid dienone is 2. The zero-order chi connectivity index (χ0) is 17.5. The number of rotatable bonds is 6. The van der Waals surface area contributed by atoms with Crippen molar-refractivity contribution in [3.63, 3.8) is 0 Å². The Bertz CT molecular complexity index is 843. The highest BCUT2D eigenvalue weighted by Gasteiger charge is 2.17. The molecule has 0 spiro atoms. The topological polar surface area (TPSA) is 49.9 Å². The van der Waals surface area contributed by atoms with Gasteiger partial charge >= 0.3 is 0 Å². The van der Waals surface area contributed by atoms with Gasteiger partial charge in [0.2, 0.25) is 0 Å². The normalized spacial score (nSPS) is 11.2. The van der Waals surface area contributed by atoms with Gasteiger partial charge in [0.05, 0.1) is 0 Å². The van der Waals surface area contributed by atoms with E-state index in [0.717, 1.165) is 46.2 Å². The summed E-state index contributed by atoms with van der Waals surface area (Å²) in [4.78, 5) is 24.9. The van der Waals surface area contributed by atoms with E-state index in [0.29, 0.717) is 0 Å². The molecular weight excluding hydrogens is 310 g/mol. The summed E-state index contributed by atoms with van der Waals surface area (Å²) >= 11 is 0. The van der Waals surface area contributed by atoms with Gasteiger partial charge in [0, 0.05) is 22.5 Å². The molecule has 0 unspecified atom stereocenters. The lowest BCUT2D eigenvalue weighted by molar-refractivity contribution is -0.104. The Kier molecular flexibility index (Phi) is 5.17. The van der Waals surface area contributed by atoms with Crippen LogP contribution in [0.4, 0.5) is 0 Å². The molecule has 0 aliphatic heterocycles. The fraction of sp³-hybridized carbons (Fsp3) is 0. The van der Waals surface area contributed by atoms with Crippen LogP contribution in [0.3, 0.4) is 0 Å². The second kappa shape index (κ2) is 7.88. The molecular formula is C22H17NO2. The molecule has 0 saturated carbocycles. The minimum atomic E-state index is 0.749. The number of aromatic nitrogens is 1. The van der Waals surface area contributed by atoms with Crippen LogP contribution in [0.2, 0.25) is 0 Å². The molecule has 3 aromatic rings. The summed E-state index contributed by atoms with van der Waals surface area (Å²) in [5.41, 5.74) is 5.71. The van der Waals surface area contributed by atoms with Crippen molar-refractivity contribution in [1.82, 2.24) is 4.98 Å². The number of benzene rings is 2. The average molecular weight is 327 g/mol. The van der Waals surface area contributed by atoms with Crippen molar-refractivity contribution in [1.29, 1.82) is 0 Å². The average Bonchev–Trinajstić information content (AvgIpc) is 3.04. The quantitative estimate of drug-likeness (QED) is 0.523. The molecule has 3 nitrogen and oxygen atoms in total. The molecule has 3 heteroatoms. The van der Waals surface area contributed by atoms with Crippen molar-refractivity contribution in [3.05, 3.63) is 84.2 Å². The van der Waals surface area contributed by atoms with E-state index in [2.05, 4.69) is 4.98 Å². The number of aromatic amines is 1. The Morgan fingerprint density at radius 3 is 1.36 bits per heavy atom. The molecule has 0 aliphatic rings. The maximum Gasteiger partial charge on any atom is 0.142 e. The van der Waals surface area contributed by atoms with E-state index >= 15 is 0 Å². The van der Waals surface area contributed by atoms with Crippen LogP contribution >= 0.6 is 0 Å². The van der Waals surface area contributed by atoms with Crippen LogP contribution in [0, 0.1) is 0 Å². The Hall–Kier alpha value is -3.46. The summed E-state index contributed by atoms with van der Waals surface area (Å²) in [6, 6.07) is 20.0. The van der Waals surface area contributed by atoms with E-state index in [1.165, 1.54) is 12.2 Å². The van der Waals surface area contributed by atoms with Crippen molar-refractivity contribution in [2.75, 3.05) is 0 Å². The van der Waals surface area contributed by atoms with Gasteiger partial charge in [0.15, 0.2) is 0 Å². The largest absolute Gasteiger partial charge is 0.354 e. The summed E-state index contributed by atoms with van der Waals surface area (Å²) in [6.45, 7) is 0. The molecule has 3 rings (SSSR count). The van der Waals surface area contributed by atoms with Gasteiger partial charge in [-0.2, -0.15) is 0 Å². The zero-order valence-corrected chi connectivity index (χ0v) is 13.6. The first-order valence-corrected chi connectivity index (χ1v) is 7.95. The third-order valence-electron chi connectivity index (χ3n) is 3.87. The fourth-order valence-corrected chi connectivity index (χ4v) is 2.87. The maximum atomic E-state index is 10.8. The van der Waals surface area contributed by atoms with Crippen LogP contribution in [0.1, 0.15) is 11.4 Å². The van der Waals surface area contributed by atoms with Crippen molar-refractivity contribution in [3.8, 4) is 22.3 Å². The molecule has 0 fully saturated rings. The Morgan fingerprint density at radius 1 is 0.600 bits per heavy atom. The SMILES string of the molecule is O=C/C=C/c1[nH]c(/C=C/C=O)c(-c2ccccc2)c1-c1ccccc1. The van der Waals surface area contributed by atoms with Gasteiger partial charge in [-0.1, -0.05) is 60.7 Å². The molecule has 122 valence electrons. The summed E-state index contributed by atoms with van der Waals surface area (Å²) in [6.07, 6.45) is 7.91. The van der Waals surface area contributed by atoms with Gasteiger partial charge < -0.3 is 4.98 Å². The molecule has 0 aliphatic carbocycles. The van der Waals surface area contributed by atoms with E-state index in [9.17, 15) is 9.59 Å². The number of H-pyrrole nitrogens is 1. The standard InChI is InChI=1S/C22H17NO2/c24-15-7-13-19-21(17-9-3-1-4-10-17)22(18-11-5-2-6-12-18)20(23-19)14-8-16-25/h1-16,23H/b13-7+,14-8+. The van der Waals surface area contributed by atoms with Gasteiger partial charge in [0.25, 0.3) is 0 Å². The molecule has 25 heavy (non-hydrogen) atoms. The van der Waals surface area contributed by atoms with Crippen LogP contribution in [-0.2, 0) is 9.59 Å². The number of carbonyl (C=O) groups excluding carboxylic acids is 2. The van der Waals surface area contributed by atoms with Crippen molar-refractivity contribution >= 4 is 24.7 Å². The first-order valence-electron chi connectivity index (χ1n) is 7.95. The Labute approximate surface area is 146 Å². The lowest BCUT2D eigenvalue weighted by Crippen LogP contribution is -1.84. The van der Waals surface area contributed by atoms with Crippen molar-refractivity contribution in [2.45, 2.75) is 0 Å². The molecule has 0 bridgehead atoms. The third kappa shape index (κ3) is 3.56. The predicted molar refractivity (Wildman–Crippen MR) is 102 cm³/mol. The van der Waals surface area contributed by atoms with Crippen LogP contribution < -0.4 is 0 Å². The van der Waals surface area contributed by atoms with E-state index in [4.69, 9.17) is 0 Å². The number of nitrogens with one attached hydrogen (secondary N) is 1. The second-order valence-electron chi connectivity index (χ2n) is 5.42. The first-order chi connectivity index (χ1) is 12.3. The van der Waals surface area contributed by atoms with Gasteiger partial charge in [-0.25, -0.2) is 0 Å². The monoisotopic (exact) mass is 327 g/mol. The highest BCUT2D eigenvalue weighted by molar-refractivity contribution is 5.95.